The molecule has 118 valence electrons. The number of para-hydroxylation sites is 1. The topological polar surface area (TPSA) is 45.4 Å². The molecule has 2 aliphatic rings. The minimum absolute atomic E-state index is 0. The lowest BCUT2D eigenvalue weighted by Crippen LogP contribution is -2.52. The Balaban J connectivity index is 0.00000144. The van der Waals surface area contributed by atoms with Crippen molar-refractivity contribution in [1.82, 2.24) is 9.88 Å². The molecule has 0 atom stereocenters. The van der Waals surface area contributed by atoms with Crippen LogP contribution in [-0.2, 0) is 0 Å². The summed E-state index contributed by atoms with van der Waals surface area (Å²) in [6.45, 7) is 2.43. The van der Waals surface area contributed by atoms with Crippen LogP contribution in [0.4, 0.5) is 11.4 Å². The minimum Gasteiger partial charge on any atom is -0.396 e. The van der Waals surface area contributed by atoms with Crippen LogP contribution in [0.5, 0.6) is 0 Å². The molecule has 2 saturated heterocycles. The zero-order chi connectivity index (χ0) is 14.4. The van der Waals surface area contributed by atoms with Crippen molar-refractivity contribution in [3.63, 3.8) is 0 Å². The molecule has 0 aliphatic carbocycles. The quantitative estimate of drug-likeness (QED) is 0.923. The summed E-state index contributed by atoms with van der Waals surface area (Å²) in [6, 6.07) is 8.30. The van der Waals surface area contributed by atoms with E-state index in [4.69, 9.17) is 5.73 Å². The van der Waals surface area contributed by atoms with Crippen molar-refractivity contribution in [3.05, 3.63) is 30.5 Å². The number of nitrogen functional groups attached to an aromatic ring is 1. The fourth-order valence-electron chi connectivity index (χ4n) is 4.35. The highest BCUT2D eigenvalue weighted by atomic mass is 35.5. The molecule has 0 unspecified atom stereocenters. The largest absolute Gasteiger partial charge is 0.396 e. The van der Waals surface area contributed by atoms with E-state index >= 15 is 0 Å². The Bertz CT molecular complexity index is 677. The zero-order valence-electron chi connectivity index (χ0n) is 13.0. The third-order valence-electron chi connectivity index (χ3n) is 5.33. The van der Waals surface area contributed by atoms with Crippen molar-refractivity contribution in [1.29, 1.82) is 0 Å². The Labute approximate surface area is 137 Å². The Morgan fingerprint density at radius 1 is 1.18 bits per heavy atom. The average molecular weight is 319 g/mol. The van der Waals surface area contributed by atoms with Gasteiger partial charge in [-0.15, -0.1) is 12.4 Å². The second-order valence-electron chi connectivity index (χ2n) is 6.31. The van der Waals surface area contributed by atoms with Crippen molar-refractivity contribution in [2.24, 2.45) is 0 Å². The van der Waals surface area contributed by atoms with Crippen molar-refractivity contribution in [2.45, 2.75) is 31.3 Å². The van der Waals surface area contributed by atoms with Gasteiger partial charge in [-0.1, -0.05) is 18.2 Å². The normalized spacial score (nSPS) is 19.9. The van der Waals surface area contributed by atoms with Gasteiger partial charge in [0.1, 0.15) is 0 Å². The van der Waals surface area contributed by atoms with Crippen molar-refractivity contribution in [2.75, 3.05) is 30.8 Å². The molecule has 2 fully saturated rings. The van der Waals surface area contributed by atoms with Crippen LogP contribution in [0.1, 0.15) is 25.7 Å². The van der Waals surface area contributed by atoms with Gasteiger partial charge in [0.15, 0.2) is 0 Å². The highest BCUT2D eigenvalue weighted by Crippen LogP contribution is 2.45. The Morgan fingerprint density at radius 2 is 1.86 bits per heavy atom. The van der Waals surface area contributed by atoms with E-state index in [0.717, 1.165) is 22.3 Å². The molecule has 0 radical (unpaired) electrons. The van der Waals surface area contributed by atoms with Gasteiger partial charge >= 0.3 is 0 Å². The van der Waals surface area contributed by atoms with Crippen LogP contribution in [0, 0.1) is 0 Å². The maximum atomic E-state index is 6.31. The lowest BCUT2D eigenvalue weighted by molar-refractivity contribution is 0.195. The van der Waals surface area contributed by atoms with E-state index in [-0.39, 0.29) is 18.1 Å². The van der Waals surface area contributed by atoms with Gasteiger partial charge in [-0.2, -0.15) is 0 Å². The average Bonchev–Trinajstić information content (AvgIpc) is 3.07. The van der Waals surface area contributed by atoms with Crippen LogP contribution in [0.2, 0.25) is 0 Å². The molecule has 22 heavy (non-hydrogen) atoms. The predicted molar refractivity (Wildman–Crippen MR) is 94.6 cm³/mol. The van der Waals surface area contributed by atoms with Crippen molar-refractivity contribution >= 4 is 34.7 Å². The molecular formula is C17H23ClN4. The number of fused-ring (bicyclic) bond motifs is 2. The summed E-state index contributed by atoms with van der Waals surface area (Å²) in [4.78, 5) is 9.55. The summed E-state index contributed by atoms with van der Waals surface area (Å²) >= 11 is 0. The van der Waals surface area contributed by atoms with Crippen LogP contribution in [0.3, 0.4) is 0 Å². The molecule has 2 aliphatic heterocycles. The molecule has 2 N–H and O–H groups in total. The van der Waals surface area contributed by atoms with Gasteiger partial charge in [0.05, 0.1) is 28.8 Å². The number of benzene rings is 1. The van der Waals surface area contributed by atoms with Crippen molar-refractivity contribution < 1.29 is 0 Å². The lowest BCUT2D eigenvalue weighted by Gasteiger charge is -2.43. The molecule has 0 amide bonds. The molecule has 2 aromatic rings. The second kappa shape index (κ2) is 5.60. The van der Waals surface area contributed by atoms with Crippen LogP contribution >= 0.6 is 12.4 Å². The van der Waals surface area contributed by atoms with E-state index in [9.17, 15) is 0 Å². The van der Waals surface area contributed by atoms with E-state index in [1.165, 1.54) is 38.8 Å². The first-order valence-corrected chi connectivity index (χ1v) is 7.84. The smallest absolute Gasteiger partial charge is 0.0932 e. The summed E-state index contributed by atoms with van der Waals surface area (Å²) in [5, 5.41) is 1.16. The summed E-state index contributed by atoms with van der Waals surface area (Å²) in [5.41, 5.74) is 9.43. The third kappa shape index (κ3) is 2.05. The van der Waals surface area contributed by atoms with E-state index in [1.54, 1.807) is 6.20 Å². The van der Waals surface area contributed by atoms with Crippen LogP contribution in [0.15, 0.2) is 30.5 Å². The molecule has 0 bridgehead atoms. The minimum atomic E-state index is 0. The number of halogens is 1. The molecular weight excluding hydrogens is 296 g/mol. The van der Waals surface area contributed by atoms with Crippen LogP contribution in [-0.4, -0.2) is 35.7 Å². The first-order chi connectivity index (χ1) is 10.2. The SMILES string of the molecule is CN(c1c(N)cnc2ccccc12)C12CCCN1CCC2.Cl. The summed E-state index contributed by atoms with van der Waals surface area (Å²) in [6.07, 6.45) is 6.85. The first-order valence-electron chi connectivity index (χ1n) is 7.84. The second-order valence-corrected chi connectivity index (χ2v) is 6.31. The number of nitrogens with zero attached hydrogens (tertiary/aromatic N) is 3. The number of rotatable bonds is 2. The molecule has 1 aromatic heterocycles. The Hall–Kier alpha value is -1.52. The van der Waals surface area contributed by atoms with E-state index in [2.05, 4.69) is 40.0 Å². The van der Waals surface area contributed by atoms with Crippen LogP contribution < -0.4 is 10.6 Å². The molecule has 4 nitrogen and oxygen atoms in total. The first kappa shape index (κ1) is 15.4. The van der Waals surface area contributed by atoms with Gasteiger partial charge < -0.3 is 10.6 Å². The highest BCUT2D eigenvalue weighted by Gasteiger charge is 2.47. The fourth-order valence-corrected chi connectivity index (χ4v) is 4.35. The number of nitrogens with two attached hydrogens (primary N) is 1. The van der Waals surface area contributed by atoms with Gasteiger partial charge in [-0.3, -0.25) is 9.88 Å². The number of hydrogen-bond donors (Lipinski definition) is 1. The number of aromatic nitrogens is 1. The molecule has 4 rings (SSSR count). The predicted octanol–water partition coefficient (Wildman–Crippen LogP) is 3.26. The molecule has 0 spiro atoms. The Morgan fingerprint density at radius 3 is 2.59 bits per heavy atom. The zero-order valence-corrected chi connectivity index (χ0v) is 13.8. The maximum absolute atomic E-state index is 6.31. The maximum Gasteiger partial charge on any atom is 0.0932 e. The summed E-state index contributed by atoms with van der Waals surface area (Å²) in [7, 11) is 2.21. The lowest BCUT2D eigenvalue weighted by atomic mass is 10.0. The molecule has 1 aromatic carbocycles. The monoisotopic (exact) mass is 318 g/mol. The van der Waals surface area contributed by atoms with E-state index < -0.39 is 0 Å². The van der Waals surface area contributed by atoms with Crippen molar-refractivity contribution in [3.8, 4) is 0 Å². The number of pyridine rings is 1. The van der Waals surface area contributed by atoms with Gasteiger partial charge in [0, 0.05) is 25.5 Å². The van der Waals surface area contributed by atoms with Gasteiger partial charge in [-0.05, 0) is 31.7 Å². The Kier molecular flexibility index (Phi) is 3.91. The molecule has 3 heterocycles. The highest BCUT2D eigenvalue weighted by molar-refractivity contribution is 5.97. The molecule has 5 heteroatoms. The fraction of sp³-hybridized carbons (Fsp3) is 0.471. The summed E-state index contributed by atoms with van der Waals surface area (Å²) < 4.78 is 0. The van der Waals surface area contributed by atoms with E-state index in [1.807, 2.05) is 6.07 Å². The molecule has 0 saturated carbocycles. The number of hydrogen-bond acceptors (Lipinski definition) is 4. The van der Waals surface area contributed by atoms with Crippen LogP contribution in [0.25, 0.3) is 10.9 Å². The van der Waals surface area contributed by atoms with Gasteiger partial charge in [0.25, 0.3) is 0 Å². The van der Waals surface area contributed by atoms with Gasteiger partial charge in [-0.25, -0.2) is 0 Å². The van der Waals surface area contributed by atoms with E-state index in [0.29, 0.717) is 0 Å². The standard InChI is InChI=1S/C17H22N4.ClH/c1-20(17-8-4-10-21(17)11-5-9-17)16-13-6-2-3-7-15(13)19-12-14(16)18;/h2-3,6-7,12H,4-5,8-11,18H2,1H3;1H. The van der Waals surface area contributed by atoms with Gasteiger partial charge in [0.2, 0.25) is 0 Å². The summed E-state index contributed by atoms with van der Waals surface area (Å²) in [5.74, 6) is 0. The number of anilines is 2. The third-order valence-corrected chi connectivity index (χ3v) is 5.33.